The number of ether oxygens (including phenoxy) is 2. The second-order valence-electron chi connectivity index (χ2n) is 11.9. The maximum absolute atomic E-state index is 13.2. The lowest BCUT2D eigenvalue weighted by molar-refractivity contribution is -0.758. The minimum absolute atomic E-state index is 0.0210. The molecule has 2 fully saturated rings. The Kier molecular flexibility index (Phi) is 6.16. The van der Waals surface area contributed by atoms with Crippen LogP contribution in [0.15, 0.2) is 24.5 Å². The number of benzene rings is 1. The molecule has 3 aromatic rings. The summed E-state index contributed by atoms with van der Waals surface area (Å²) in [4.78, 5) is 38.0. The number of carbonyl (C=O) groups is 2. The van der Waals surface area contributed by atoms with Crippen LogP contribution < -0.4 is 14.7 Å². The molecule has 0 radical (unpaired) electrons. The van der Waals surface area contributed by atoms with Crippen molar-refractivity contribution < 1.29 is 23.7 Å². The maximum Gasteiger partial charge on any atom is 0.408 e. The molecular weight excluding hydrogens is 516 g/mol. The molecule has 1 saturated carbocycles. The van der Waals surface area contributed by atoms with E-state index in [0.717, 1.165) is 39.8 Å². The molecule has 11 heteroatoms. The molecule has 3 aliphatic rings. The third-order valence-corrected chi connectivity index (χ3v) is 8.52. The predicted octanol–water partition coefficient (Wildman–Crippen LogP) is 3.99. The first-order valence-electron chi connectivity index (χ1n) is 13.6. The Labute approximate surface area is 231 Å². The number of rotatable bonds is 5. The van der Waals surface area contributed by atoms with Crippen molar-refractivity contribution in [2.75, 3.05) is 19.7 Å². The zero-order valence-electron chi connectivity index (χ0n) is 23.0. The van der Waals surface area contributed by atoms with Gasteiger partial charge in [0.15, 0.2) is 0 Å². The summed E-state index contributed by atoms with van der Waals surface area (Å²) in [6.07, 6.45) is 3.25. The number of fused-ring (bicyclic) bond motifs is 3. The van der Waals surface area contributed by atoms with Crippen molar-refractivity contribution in [1.82, 2.24) is 25.3 Å². The van der Waals surface area contributed by atoms with E-state index in [1.54, 1.807) is 17.7 Å². The number of aromatic nitrogens is 4. The maximum atomic E-state index is 13.2. The highest BCUT2D eigenvalue weighted by molar-refractivity contribution is 7.15. The summed E-state index contributed by atoms with van der Waals surface area (Å²) in [5, 5.41) is 6.90. The highest BCUT2D eigenvalue weighted by Gasteiger charge is 2.55. The van der Waals surface area contributed by atoms with Crippen molar-refractivity contribution in [3.63, 3.8) is 0 Å². The van der Waals surface area contributed by atoms with Crippen molar-refractivity contribution in [1.29, 1.82) is 0 Å². The standard InChI is InChI=1S/C28H34N6O4S/c1-16(2)34-23(29-15-30-34)24-31-22-19-7-6-17(12-20(19)37-11-8-21(22)39-24)18-13-33(14-18)25(35)28(9-10-28)32-26(36)38-27(3,4)5/h6-7,12,15-16,18H,8-11,13-14H2,1-5H3,(H,32,36)/p+1. The van der Waals surface area contributed by atoms with E-state index in [-0.39, 0.29) is 17.9 Å². The molecule has 2 aliphatic heterocycles. The smallest absolute Gasteiger partial charge is 0.408 e. The van der Waals surface area contributed by atoms with E-state index in [1.165, 1.54) is 4.88 Å². The molecule has 39 heavy (non-hydrogen) atoms. The molecule has 6 rings (SSSR count). The summed E-state index contributed by atoms with van der Waals surface area (Å²) in [5.41, 5.74) is 1.68. The summed E-state index contributed by atoms with van der Waals surface area (Å²) in [6.45, 7) is 11.5. The van der Waals surface area contributed by atoms with Gasteiger partial charge in [0.25, 0.3) is 0 Å². The summed E-state index contributed by atoms with van der Waals surface area (Å²) in [6, 6.07) is 6.57. The summed E-state index contributed by atoms with van der Waals surface area (Å²) in [7, 11) is 0. The lowest BCUT2D eigenvalue weighted by Crippen LogP contribution is -2.57. The summed E-state index contributed by atoms with van der Waals surface area (Å²) >= 11 is 1.67. The van der Waals surface area contributed by atoms with Gasteiger partial charge in [-0.05, 0) is 70.1 Å². The summed E-state index contributed by atoms with van der Waals surface area (Å²) in [5.74, 6) is 1.88. The number of likely N-dealkylation sites (tertiary alicyclic amines) is 1. The second-order valence-corrected chi connectivity index (χ2v) is 13.0. The lowest BCUT2D eigenvalue weighted by atomic mass is 9.89. The first-order valence-corrected chi connectivity index (χ1v) is 14.4. The van der Waals surface area contributed by atoms with Crippen molar-refractivity contribution in [3.05, 3.63) is 35.0 Å². The molecule has 1 aliphatic carbocycles. The fourth-order valence-corrected chi connectivity index (χ4v) is 6.24. The fraction of sp³-hybridized carbons (Fsp3) is 0.536. The quantitative estimate of drug-likeness (QED) is 0.464. The van der Waals surface area contributed by atoms with Crippen LogP contribution in [-0.2, 0) is 16.0 Å². The van der Waals surface area contributed by atoms with Crippen LogP contribution in [0.3, 0.4) is 0 Å². The van der Waals surface area contributed by atoms with Gasteiger partial charge in [-0.2, -0.15) is 5.10 Å². The zero-order valence-corrected chi connectivity index (χ0v) is 23.9. The number of thiazole rings is 1. The number of carbonyl (C=O) groups excluding carboxylic acids is 2. The van der Waals surface area contributed by atoms with Crippen molar-refractivity contribution in [2.45, 2.75) is 77.0 Å². The molecule has 1 saturated heterocycles. The van der Waals surface area contributed by atoms with Crippen molar-refractivity contribution >= 4 is 23.3 Å². The molecule has 4 heterocycles. The third-order valence-electron chi connectivity index (χ3n) is 7.40. The Hall–Kier alpha value is -3.47. The number of alkyl carbamates (subject to hydrolysis) is 1. The van der Waals surface area contributed by atoms with E-state index in [1.807, 2.05) is 30.4 Å². The molecule has 206 valence electrons. The largest absolute Gasteiger partial charge is 0.492 e. The first kappa shape index (κ1) is 25.8. The number of H-pyrrole nitrogens is 1. The topological polar surface area (TPSA) is 113 Å². The van der Waals surface area contributed by atoms with Crippen LogP contribution in [-0.4, -0.2) is 62.8 Å². The van der Waals surface area contributed by atoms with Gasteiger partial charge in [-0.3, -0.25) is 4.79 Å². The fourth-order valence-electron chi connectivity index (χ4n) is 5.19. The van der Waals surface area contributed by atoms with Gasteiger partial charge in [0, 0.05) is 35.9 Å². The normalized spacial score (nSPS) is 17.9. The Morgan fingerprint density at radius 1 is 1.28 bits per heavy atom. The zero-order chi connectivity index (χ0) is 27.5. The predicted molar refractivity (Wildman–Crippen MR) is 146 cm³/mol. The van der Waals surface area contributed by atoms with Gasteiger partial charge in [0.1, 0.15) is 22.9 Å². The number of hydrogen-bond donors (Lipinski definition) is 2. The van der Waals surface area contributed by atoms with Gasteiger partial charge in [-0.15, -0.1) is 16.0 Å². The summed E-state index contributed by atoms with van der Waals surface area (Å²) < 4.78 is 13.6. The van der Waals surface area contributed by atoms with Crippen LogP contribution in [0.4, 0.5) is 4.79 Å². The third kappa shape index (κ3) is 4.88. The van der Waals surface area contributed by atoms with E-state index in [2.05, 4.69) is 47.4 Å². The Morgan fingerprint density at radius 3 is 2.74 bits per heavy atom. The molecular formula is C28H35N6O4S+. The average Bonchev–Trinajstić information content (AvgIpc) is 3.29. The van der Waals surface area contributed by atoms with Crippen LogP contribution in [0, 0.1) is 0 Å². The van der Waals surface area contributed by atoms with E-state index >= 15 is 0 Å². The average molecular weight is 552 g/mol. The monoisotopic (exact) mass is 551 g/mol. The molecule has 0 spiro atoms. The van der Waals surface area contributed by atoms with Crippen LogP contribution in [0.25, 0.3) is 22.1 Å². The molecule has 2 N–H and O–H groups in total. The number of hydrogen-bond acceptors (Lipinski definition) is 7. The molecule has 0 atom stereocenters. The number of aromatic amines is 1. The minimum Gasteiger partial charge on any atom is -0.492 e. The van der Waals surface area contributed by atoms with Gasteiger partial charge in [-0.25, -0.2) is 9.78 Å². The Morgan fingerprint density at radius 2 is 2.05 bits per heavy atom. The lowest BCUT2D eigenvalue weighted by Gasteiger charge is -2.41. The number of amides is 2. The highest BCUT2D eigenvalue weighted by atomic mass is 32.1. The van der Waals surface area contributed by atoms with E-state index in [0.29, 0.717) is 32.5 Å². The van der Waals surface area contributed by atoms with Gasteiger partial charge in [0.2, 0.25) is 17.2 Å². The van der Waals surface area contributed by atoms with Crippen molar-refractivity contribution in [2.24, 2.45) is 0 Å². The molecule has 0 bridgehead atoms. The first-order chi connectivity index (χ1) is 18.5. The van der Waals surface area contributed by atoms with E-state index < -0.39 is 17.2 Å². The van der Waals surface area contributed by atoms with E-state index in [4.69, 9.17) is 14.5 Å². The number of nitrogens with zero attached hydrogens (tertiary/aromatic N) is 4. The Balaban J connectivity index is 1.15. The van der Waals surface area contributed by atoms with Crippen LogP contribution in [0.1, 0.15) is 69.9 Å². The van der Waals surface area contributed by atoms with Gasteiger partial charge >= 0.3 is 11.9 Å². The number of nitrogens with one attached hydrogen (secondary N) is 2. The highest BCUT2D eigenvalue weighted by Crippen LogP contribution is 2.43. The molecule has 2 amide bonds. The van der Waals surface area contributed by atoms with Crippen LogP contribution >= 0.6 is 11.3 Å². The molecule has 10 nitrogen and oxygen atoms in total. The molecule has 1 aromatic carbocycles. The van der Waals surface area contributed by atoms with Gasteiger partial charge < -0.3 is 19.7 Å². The van der Waals surface area contributed by atoms with Crippen LogP contribution in [0.5, 0.6) is 5.75 Å². The van der Waals surface area contributed by atoms with Crippen LogP contribution in [0.2, 0.25) is 0 Å². The SMILES string of the molecule is CC(C)[n+]1[nH]cnc1-c1nc2c(s1)CCOc1cc(C3CN(C(=O)C4(NC(=O)OC(C)(C)C)CC4)C3)ccc1-2. The Bertz CT molecular complexity index is 1430. The second kappa shape index (κ2) is 9.32. The molecule has 2 aromatic heterocycles. The minimum atomic E-state index is -0.815. The van der Waals surface area contributed by atoms with Crippen molar-refractivity contribution in [3.8, 4) is 27.8 Å². The molecule has 0 unspecified atom stereocenters. The van der Waals surface area contributed by atoms with E-state index in [9.17, 15) is 9.59 Å². The van der Waals surface area contributed by atoms with Gasteiger partial charge in [-0.1, -0.05) is 6.07 Å². The van der Waals surface area contributed by atoms with Gasteiger partial charge in [0.05, 0.1) is 12.3 Å².